The van der Waals surface area contributed by atoms with E-state index in [1.165, 1.54) is 17.3 Å². The predicted molar refractivity (Wildman–Crippen MR) is 124 cm³/mol. The Balaban J connectivity index is 1.81. The Bertz CT molecular complexity index is 1100. The maximum absolute atomic E-state index is 13.3. The fraction of sp³-hybridized carbons (Fsp3) is 0.120. The number of benzene rings is 3. The lowest BCUT2D eigenvalue weighted by Crippen LogP contribution is -2.28. The van der Waals surface area contributed by atoms with Crippen LogP contribution in [0.1, 0.15) is 22.3 Å². The Morgan fingerprint density at radius 3 is 2.14 bits per heavy atom. The van der Waals surface area contributed by atoms with Crippen LogP contribution in [-0.4, -0.2) is 11.1 Å². The molecule has 1 amide bonds. The molecule has 144 valence electrons. The fourth-order valence-corrected chi connectivity index (χ4v) is 4.23. The molecule has 0 bridgehead atoms. The van der Waals surface area contributed by atoms with Crippen LogP contribution in [0.2, 0.25) is 0 Å². The van der Waals surface area contributed by atoms with Gasteiger partial charge < -0.3 is 0 Å². The first-order valence-corrected chi connectivity index (χ1v) is 10.4. The van der Waals surface area contributed by atoms with E-state index < -0.39 is 0 Å². The smallest absolute Gasteiger partial charge is 0.268 e. The summed E-state index contributed by atoms with van der Waals surface area (Å²) in [5.74, 6) is -0.0493. The summed E-state index contributed by atoms with van der Waals surface area (Å²) in [7, 11) is 0. The van der Waals surface area contributed by atoms with Crippen molar-refractivity contribution in [1.82, 2.24) is 0 Å². The highest BCUT2D eigenvalue weighted by molar-refractivity contribution is 8.19. The molecule has 3 aromatic carbocycles. The highest BCUT2D eigenvalue weighted by Crippen LogP contribution is 2.38. The lowest BCUT2D eigenvalue weighted by Gasteiger charge is -2.16. The molecule has 4 heteroatoms. The van der Waals surface area contributed by atoms with Crippen LogP contribution in [-0.2, 0) is 4.79 Å². The molecule has 3 nitrogen and oxygen atoms in total. The molecule has 0 unspecified atom stereocenters. The summed E-state index contributed by atoms with van der Waals surface area (Å²) in [4.78, 5) is 20.6. The van der Waals surface area contributed by atoms with Gasteiger partial charge in [-0.15, -0.1) is 0 Å². The van der Waals surface area contributed by atoms with Gasteiger partial charge in [-0.25, -0.2) is 4.99 Å². The number of amidine groups is 1. The zero-order chi connectivity index (χ0) is 20.4. The molecule has 1 aliphatic heterocycles. The molecule has 0 atom stereocenters. The van der Waals surface area contributed by atoms with E-state index in [-0.39, 0.29) is 5.91 Å². The molecule has 0 saturated carbocycles. The zero-order valence-electron chi connectivity index (χ0n) is 16.7. The number of anilines is 1. The van der Waals surface area contributed by atoms with E-state index >= 15 is 0 Å². The molecule has 1 saturated heterocycles. The summed E-state index contributed by atoms with van der Waals surface area (Å²) in [6, 6.07) is 24.0. The van der Waals surface area contributed by atoms with Gasteiger partial charge in [-0.1, -0.05) is 66.2 Å². The summed E-state index contributed by atoms with van der Waals surface area (Å²) >= 11 is 1.42. The third kappa shape index (κ3) is 4.03. The van der Waals surface area contributed by atoms with Gasteiger partial charge in [0.05, 0.1) is 16.3 Å². The van der Waals surface area contributed by atoms with Gasteiger partial charge in [0.1, 0.15) is 0 Å². The second-order valence-corrected chi connectivity index (χ2v) is 8.14. The van der Waals surface area contributed by atoms with Gasteiger partial charge in [-0.05, 0) is 67.4 Å². The number of nitrogens with zero attached hydrogens (tertiary/aromatic N) is 2. The number of thioether (sulfide) groups is 1. The summed E-state index contributed by atoms with van der Waals surface area (Å²) in [6.45, 7) is 6.15. The number of hydrogen-bond acceptors (Lipinski definition) is 3. The molecule has 1 heterocycles. The maximum atomic E-state index is 13.3. The van der Waals surface area contributed by atoms with Crippen molar-refractivity contribution in [2.24, 2.45) is 4.99 Å². The van der Waals surface area contributed by atoms with E-state index in [9.17, 15) is 4.79 Å². The lowest BCUT2D eigenvalue weighted by molar-refractivity contribution is -0.113. The Labute approximate surface area is 175 Å². The Hall–Kier alpha value is -3.11. The topological polar surface area (TPSA) is 32.7 Å². The summed E-state index contributed by atoms with van der Waals surface area (Å²) in [6.07, 6.45) is 1.94. The van der Waals surface area contributed by atoms with E-state index in [0.717, 1.165) is 28.1 Å². The first kappa shape index (κ1) is 19.2. The second kappa shape index (κ2) is 8.10. The zero-order valence-corrected chi connectivity index (χ0v) is 17.5. The minimum Gasteiger partial charge on any atom is -0.268 e. The van der Waals surface area contributed by atoms with Crippen molar-refractivity contribution in [2.75, 3.05) is 4.90 Å². The SMILES string of the molecule is Cc1ccc(C=C2SC(=Nc3c(C)cccc3C)N(c3ccccc3)C2=O)cc1. The number of aryl methyl sites for hydroxylation is 3. The van der Waals surface area contributed by atoms with Crippen molar-refractivity contribution in [3.8, 4) is 0 Å². The predicted octanol–water partition coefficient (Wildman–Crippen LogP) is 6.42. The average Bonchev–Trinajstić information content (AvgIpc) is 3.02. The molecule has 0 aliphatic carbocycles. The van der Waals surface area contributed by atoms with Gasteiger partial charge >= 0.3 is 0 Å². The van der Waals surface area contributed by atoms with Crippen molar-refractivity contribution in [3.05, 3.63) is 100.0 Å². The highest BCUT2D eigenvalue weighted by atomic mass is 32.2. The van der Waals surface area contributed by atoms with Crippen molar-refractivity contribution >= 4 is 40.3 Å². The quantitative estimate of drug-likeness (QED) is 0.477. The van der Waals surface area contributed by atoms with Crippen molar-refractivity contribution in [1.29, 1.82) is 0 Å². The molecule has 1 aliphatic rings. The normalized spacial score (nSPS) is 16.8. The molecule has 0 N–H and O–H groups in total. The molecular formula is C25H22N2OS. The number of amides is 1. The first-order chi connectivity index (χ1) is 14.0. The van der Waals surface area contributed by atoms with Crippen LogP contribution in [0.5, 0.6) is 0 Å². The molecule has 4 rings (SSSR count). The number of aliphatic imine (C=N–C) groups is 1. The average molecular weight is 399 g/mol. The highest BCUT2D eigenvalue weighted by Gasteiger charge is 2.34. The molecular weight excluding hydrogens is 376 g/mol. The van der Waals surface area contributed by atoms with Gasteiger partial charge in [0, 0.05) is 0 Å². The first-order valence-electron chi connectivity index (χ1n) is 9.53. The second-order valence-electron chi connectivity index (χ2n) is 7.13. The molecule has 0 aromatic heterocycles. The van der Waals surface area contributed by atoms with Crippen molar-refractivity contribution in [3.63, 3.8) is 0 Å². The van der Waals surface area contributed by atoms with Crippen molar-refractivity contribution in [2.45, 2.75) is 20.8 Å². The fourth-order valence-electron chi connectivity index (χ4n) is 3.25. The van der Waals surface area contributed by atoms with Crippen LogP contribution >= 0.6 is 11.8 Å². The van der Waals surface area contributed by atoms with Crippen molar-refractivity contribution < 1.29 is 4.79 Å². The standard InChI is InChI=1S/C25H22N2OS/c1-17-12-14-20(15-13-17)16-22-24(28)27(21-10-5-4-6-11-21)25(29-22)26-23-18(2)8-7-9-19(23)3/h4-16H,1-3H3. The molecule has 0 radical (unpaired) electrons. The molecule has 1 fully saturated rings. The number of carbonyl (C=O) groups is 1. The monoisotopic (exact) mass is 398 g/mol. The molecule has 29 heavy (non-hydrogen) atoms. The number of carbonyl (C=O) groups excluding carboxylic acids is 1. The lowest BCUT2D eigenvalue weighted by atomic mass is 10.1. The summed E-state index contributed by atoms with van der Waals surface area (Å²) < 4.78 is 0. The Morgan fingerprint density at radius 2 is 1.48 bits per heavy atom. The van der Waals surface area contributed by atoms with Gasteiger partial charge in [0.2, 0.25) is 0 Å². The van der Waals surface area contributed by atoms with E-state index in [0.29, 0.717) is 10.1 Å². The van der Waals surface area contributed by atoms with Crippen LogP contribution in [0.25, 0.3) is 6.08 Å². The number of hydrogen-bond donors (Lipinski definition) is 0. The van der Waals surface area contributed by atoms with Gasteiger partial charge in [0.25, 0.3) is 5.91 Å². The minimum atomic E-state index is -0.0493. The van der Waals surface area contributed by atoms with E-state index in [1.807, 2.05) is 80.6 Å². The van der Waals surface area contributed by atoms with Gasteiger partial charge in [-0.2, -0.15) is 0 Å². The molecule has 0 spiro atoms. The van der Waals surface area contributed by atoms with Gasteiger partial charge in [0.15, 0.2) is 5.17 Å². The van der Waals surface area contributed by atoms with E-state index in [2.05, 4.69) is 19.1 Å². The molecule has 3 aromatic rings. The summed E-state index contributed by atoms with van der Waals surface area (Å²) in [5, 5.41) is 0.678. The van der Waals surface area contributed by atoms with E-state index in [4.69, 9.17) is 4.99 Å². The Morgan fingerprint density at radius 1 is 0.828 bits per heavy atom. The number of rotatable bonds is 3. The maximum Gasteiger partial charge on any atom is 0.271 e. The van der Waals surface area contributed by atoms with Crippen LogP contribution in [0, 0.1) is 20.8 Å². The van der Waals surface area contributed by atoms with Crippen LogP contribution in [0.3, 0.4) is 0 Å². The summed E-state index contributed by atoms with van der Waals surface area (Å²) in [5.41, 5.74) is 6.13. The largest absolute Gasteiger partial charge is 0.271 e. The van der Waals surface area contributed by atoms with E-state index in [1.54, 1.807) is 4.90 Å². The van der Waals surface area contributed by atoms with Crippen LogP contribution < -0.4 is 4.90 Å². The Kier molecular flexibility index (Phi) is 5.36. The third-order valence-corrected chi connectivity index (χ3v) is 5.81. The van der Waals surface area contributed by atoms with Crippen LogP contribution in [0.15, 0.2) is 82.7 Å². The van der Waals surface area contributed by atoms with Crippen LogP contribution in [0.4, 0.5) is 11.4 Å². The number of para-hydroxylation sites is 2. The minimum absolute atomic E-state index is 0.0493. The van der Waals surface area contributed by atoms with Gasteiger partial charge in [-0.3, -0.25) is 9.69 Å². The third-order valence-electron chi connectivity index (χ3n) is 4.84.